The zero-order valence-corrected chi connectivity index (χ0v) is 16.1. The van der Waals surface area contributed by atoms with Gasteiger partial charge in [-0.25, -0.2) is 8.78 Å². The number of hydrogen-bond acceptors (Lipinski definition) is 2. The monoisotopic (exact) mass is 380 g/mol. The van der Waals surface area contributed by atoms with Crippen LogP contribution >= 0.6 is 0 Å². The van der Waals surface area contributed by atoms with Gasteiger partial charge in [0.05, 0.1) is 0 Å². The Balaban J connectivity index is 1.77. The van der Waals surface area contributed by atoms with Gasteiger partial charge in [0.15, 0.2) is 5.96 Å². The van der Waals surface area contributed by atoms with Crippen molar-refractivity contribution in [2.45, 2.75) is 45.4 Å². The molecule has 0 atom stereocenters. The van der Waals surface area contributed by atoms with Crippen molar-refractivity contribution in [3.05, 3.63) is 35.4 Å². The molecule has 0 saturated carbocycles. The van der Waals surface area contributed by atoms with Crippen molar-refractivity contribution in [1.82, 2.24) is 15.5 Å². The second kappa shape index (κ2) is 11.5. The van der Waals surface area contributed by atoms with E-state index in [1.54, 1.807) is 0 Å². The van der Waals surface area contributed by atoms with Crippen molar-refractivity contribution in [3.8, 4) is 0 Å². The molecule has 0 radical (unpaired) electrons. The third-order valence-corrected chi connectivity index (χ3v) is 4.60. The molecular weight excluding hydrogens is 350 g/mol. The minimum Gasteiger partial charge on any atom is -0.357 e. The van der Waals surface area contributed by atoms with Crippen molar-refractivity contribution >= 4 is 11.9 Å². The van der Waals surface area contributed by atoms with Crippen LogP contribution in [0.4, 0.5) is 8.78 Å². The normalized spacial score (nSPS) is 15.6. The summed E-state index contributed by atoms with van der Waals surface area (Å²) in [6.45, 7) is 5.20. The van der Waals surface area contributed by atoms with E-state index in [2.05, 4.69) is 15.6 Å². The number of rotatable bonds is 8. The van der Waals surface area contributed by atoms with Crippen LogP contribution in [0.5, 0.6) is 0 Å². The smallest absolute Gasteiger partial charge is 0.222 e. The van der Waals surface area contributed by atoms with E-state index in [0.29, 0.717) is 32.0 Å². The number of benzene rings is 1. The number of hydrogen-bond donors (Lipinski definition) is 2. The molecule has 1 heterocycles. The highest BCUT2D eigenvalue weighted by Gasteiger charge is 2.15. The molecule has 1 aliphatic rings. The van der Waals surface area contributed by atoms with E-state index < -0.39 is 11.6 Å². The predicted octanol–water partition coefficient (Wildman–Crippen LogP) is 2.86. The van der Waals surface area contributed by atoms with E-state index in [9.17, 15) is 13.6 Å². The number of nitrogens with one attached hydrogen (secondary N) is 2. The van der Waals surface area contributed by atoms with Crippen LogP contribution in [0, 0.1) is 11.6 Å². The Morgan fingerprint density at radius 2 is 1.96 bits per heavy atom. The maximum atomic E-state index is 13.7. The molecule has 1 aromatic rings. The minimum absolute atomic E-state index is 0.0838. The zero-order valence-electron chi connectivity index (χ0n) is 16.1. The Kier molecular flexibility index (Phi) is 9.01. The van der Waals surface area contributed by atoms with Crippen molar-refractivity contribution in [2.24, 2.45) is 4.99 Å². The van der Waals surface area contributed by atoms with Crippen molar-refractivity contribution in [1.29, 1.82) is 0 Å². The number of halogens is 2. The highest BCUT2D eigenvalue weighted by molar-refractivity contribution is 5.79. The molecule has 2 N–H and O–H groups in total. The first-order valence-electron chi connectivity index (χ1n) is 9.84. The molecule has 1 fully saturated rings. The molecule has 0 spiro atoms. The maximum Gasteiger partial charge on any atom is 0.222 e. The average molecular weight is 380 g/mol. The fourth-order valence-electron chi connectivity index (χ4n) is 3.15. The fourth-order valence-corrected chi connectivity index (χ4v) is 3.15. The van der Waals surface area contributed by atoms with Gasteiger partial charge < -0.3 is 15.5 Å². The van der Waals surface area contributed by atoms with Crippen molar-refractivity contribution in [2.75, 3.05) is 32.7 Å². The lowest BCUT2D eigenvalue weighted by Gasteiger charge is -2.20. The molecule has 5 nitrogen and oxygen atoms in total. The largest absolute Gasteiger partial charge is 0.357 e. The van der Waals surface area contributed by atoms with E-state index in [4.69, 9.17) is 0 Å². The summed E-state index contributed by atoms with van der Waals surface area (Å²) in [5.41, 5.74) is 0.0838. The lowest BCUT2D eigenvalue weighted by molar-refractivity contribution is -0.130. The van der Waals surface area contributed by atoms with Crippen LogP contribution in [0.2, 0.25) is 0 Å². The van der Waals surface area contributed by atoms with E-state index >= 15 is 0 Å². The van der Waals surface area contributed by atoms with Gasteiger partial charge in [0.2, 0.25) is 5.91 Å². The SMILES string of the molecule is CCNC(=NCCCN1CCCCCC1=O)NCCc1c(F)cccc1F. The van der Waals surface area contributed by atoms with Gasteiger partial charge in [0.1, 0.15) is 11.6 Å². The third-order valence-electron chi connectivity index (χ3n) is 4.60. The summed E-state index contributed by atoms with van der Waals surface area (Å²) in [4.78, 5) is 18.4. The first kappa shape index (κ1) is 21.1. The molecule has 1 saturated heterocycles. The molecule has 0 unspecified atom stereocenters. The van der Waals surface area contributed by atoms with Gasteiger partial charge >= 0.3 is 0 Å². The van der Waals surface area contributed by atoms with E-state index in [1.165, 1.54) is 18.2 Å². The van der Waals surface area contributed by atoms with Crippen LogP contribution in [0.3, 0.4) is 0 Å². The van der Waals surface area contributed by atoms with Gasteiger partial charge in [0, 0.05) is 44.7 Å². The summed E-state index contributed by atoms with van der Waals surface area (Å²) >= 11 is 0. The Morgan fingerprint density at radius 3 is 2.70 bits per heavy atom. The first-order valence-corrected chi connectivity index (χ1v) is 9.84. The highest BCUT2D eigenvalue weighted by atomic mass is 19.1. The molecule has 150 valence electrons. The third kappa shape index (κ3) is 7.15. The van der Waals surface area contributed by atoms with E-state index in [-0.39, 0.29) is 17.9 Å². The molecule has 7 heteroatoms. The standard InChI is InChI=1S/C20H30F2N4O/c1-2-23-20(25-13-11-16-17(21)8-6-9-18(16)22)24-12-7-15-26-14-5-3-4-10-19(26)27/h6,8-9H,2-5,7,10-15H2,1H3,(H2,23,24,25). The Hall–Kier alpha value is -2.18. The molecule has 0 aliphatic carbocycles. The summed E-state index contributed by atoms with van der Waals surface area (Å²) in [5, 5.41) is 6.23. The summed E-state index contributed by atoms with van der Waals surface area (Å²) in [7, 11) is 0. The molecule has 0 aromatic heterocycles. The summed E-state index contributed by atoms with van der Waals surface area (Å²) in [6, 6.07) is 3.89. The quantitative estimate of drug-likeness (QED) is 0.414. The van der Waals surface area contributed by atoms with E-state index in [1.807, 2.05) is 11.8 Å². The van der Waals surface area contributed by atoms with Gasteiger partial charge in [-0.15, -0.1) is 0 Å². The number of guanidine groups is 1. The molecule has 27 heavy (non-hydrogen) atoms. The van der Waals surface area contributed by atoms with E-state index in [0.717, 1.165) is 38.8 Å². The first-order chi connectivity index (χ1) is 13.1. The van der Waals surface area contributed by atoms with Gasteiger partial charge in [-0.3, -0.25) is 9.79 Å². The number of likely N-dealkylation sites (tertiary alicyclic amines) is 1. The van der Waals surface area contributed by atoms with Crippen LogP contribution in [-0.2, 0) is 11.2 Å². The van der Waals surface area contributed by atoms with Crippen LogP contribution in [-0.4, -0.2) is 49.5 Å². The number of aliphatic imine (C=N–C) groups is 1. The molecule has 1 aromatic carbocycles. The van der Waals surface area contributed by atoms with Crippen LogP contribution in [0.1, 0.15) is 44.6 Å². The Morgan fingerprint density at radius 1 is 1.19 bits per heavy atom. The maximum absolute atomic E-state index is 13.7. The number of carbonyl (C=O) groups excluding carboxylic acids is 1. The second-order valence-corrected chi connectivity index (χ2v) is 6.68. The average Bonchev–Trinajstić information content (AvgIpc) is 2.85. The molecule has 1 aliphatic heterocycles. The van der Waals surface area contributed by atoms with Gasteiger partial charge in [-0.1, -0.05) is 12.5 Å². The Labute approximate surface area is 160 Å². The molecule has 2 rings (SSSR count). The second-order valence-electron chi connectivity index (χ2n) is 6.68. The summed E-state index contributed by atoms with van der Waals surface area (Å²) in [6.07, 6.45) is 4.88. The van der Waals surface area contributed by atoms with Gasteiger partial charge in [-0.2, -0.15) is 0 Å². The van der Waals surface area contributed by atoms with Gasteiger partial charge in [-0.05, 0) is 44.7 Å². The predicted molar refractivity (Wildman–Crippen MR) is 104 cm³/mol. The lowest BCUT2D eigenvalue weighted by atomic mass is 10.1. The molecule has 1 amide bonds. The number of amides is 1. The van der Waals surface area contributed by atoms with Crippen LogP contribution < -0.4 is 10.6 Å². The van der Waals surface area contributed by atoms with Crippen molar-refractivity contribution < 1.29 is 13.6 Å². The van der Waals surface area contributed by atoms with Crippen LogP contribution in [0.25, 0.3) is 0 Å². The minimum atomic E-state index is -0.527. The zero-order chi connectivity index (χ0) is 19.5. The lowest BCUT2D eigenvalue weighted by Crippen LogP contribution is -2.38. The molecular formula is C20H30F2N4O. The van der Waals surface area contributed by atoms with Gasteiger partial charge in [0.25, 0.3) is 0 Å². The van der Waals surface area contributed by atoms with Crippen LogP contribution in [0.15, 0.2) is 23.2 Å². The Bertz CT molecular complexity index is 616. The summed E-state index contributed by atoms with van der Waals surface area (Å²) in [5.74, 6) is -0.188. The number of nitrogens with zero attached hydrogens (tertiary/aromatic N) is 2. The number of carbonyl (C=O) groups is 1. The highest BCUT2D eigenvalue weighted by Crippen LogP contribution is 2.12. The fraction of sp³-hybridized carbons (Fsp3) is 0.600. The topological polar surface area (TPSA) is 56.7 Å². The molecule has 0 bridgehead atoms. The summed E-state index contributed by atoms with van der Waals surface area (Å²) < 4.78 is 27.3. The van der Waals surface area contributed by atoms with Crippen molar-refractivity contribution in [3.63, 3.8) is 0 Å².